The zero-order valence-electron chi connectivity index (χ0n) is 9.33. The molecule has 16 heavy (non-hydrogen) atoms. The van der Waals surface area contributed by atoms with Crippen molar-refractivity contribution in [3.63, 3.8) is 0 Å². The van der Waals surface area contributed by atoms with Crippen molar-refractivity contribution >= 4 is 5.95 Å². The summed E-state index contributed by atoms with van der Waals surface area (Å²) in [6.45, 7) is 0. The molecule has 0 aromatic carbocycles. The minimum atomic E-state index is -0.0277. The van der Waals surface area contributed by atoms with Gasteiger partial charge in [-0.3, -0.25) is 9.78 Å². The van der Waals surface area contributed by atoms with Gasteiger partial charge in [-0.25, -0.2) is 4.98 Å². The smallest absolute Gasteiger partial charge is 0.252 e. The van der Waals surface area contributed by atoms with E-state index in [1.807, 2.05) is 0 Å². The van der Waals surface area contributed by atoms with Crippen LogP contribution >= 0.6 is 0 Å². The molecule has 2 aliphatic rings. The predicted octanol–water partition coefficient (Wildman–Crippen LogP) is 2.00. The van der Waals surface area contributed by atoms with E-state index in [1.54, 1.807) is 6.07 Å². The van der Waals surface area contributed by atoms with E-state index in [2.05, 4.69) is 15.3 Å². The molecule has 2 fully saturated rings. The molecule has 0 amide bonds. The van der Waals surface area contributed by atoms with Crippen molar-refractivity contribution in [2.75, 3.05) is 5.32 Å². The number of rotatable bonds is 3. The van der Waals surface area contributed by atoms with Crippen LogP contribution in [0.5, 0.6) is 0 Å². The molecule has 0 radical (unpaired) electrons. The first kappa shape index (κ1) is 9.87. The van der Waals surface area contributed by atoms with Gasteiger partial charge in [-0.2, -0.15) is 0 Å². The summed E-state index contributed by atoms with van der Waals surface area (Å²) >= 11 is 0. The van der Waals surface area contributed by atoms with Gasteiger partial charge in [0.25, 0.3) is 5.56 Å². The zero-order chi connectivity index (χ0) is 11.0. The summed E-state index contributed by atoms with van der Waals surface area (Å²) in [5.41, 5.74) is 0.949. The number of anilines is 1. The lowest BCUT2D eigenvalue weighted by Crippen LogP contribution is -2.16. The van der Waals surface area contributed by atoms with Gasteiger partial charge in [0.15, 0.2) is 0 Å². The molecule has 2 saturated carbocycles. The first-order valence-corrected chi connectivity index (χ1v) is 6.19. The highest BCUT2D eigenvalue weighted by molar-refractivity contribution is 5.30. The molecule has 0 spiro atoms. The molecule has 1 aromatic heterocycles. The first-order chi connectivity index (χ1) is 7.81. The van der Waals surface area contributed by atoms with Gasteiger partial charge in [0.05, 0.1) is 5.69 Å². The first-order valence-electron chi connectivity index (χ1n) is 6.19. The summed E-state index contributed by atoms with van der Waals surface area (Å²) in [6, 6.07) is 2.19. The summed E-state index contributed by atoms with van der Waals surface area (Å²) in [4.78, 5) is 18.8. The van der Waals surface area contributed by atoms with E-state index < -0.39 is 0 Å². The minimum absolute atomic E-state index is 0.0277. The van der Waals surface area contributed by atoms with E-state index in [1.165, 1.54) is 38.5 Å². The van der Waals surface area contributed by atoms with Gasteiger partial charge in [0, 0.05) is 18.0 Å². The van der Waals surface area contributed by atoms with Gasteiger partial charge in [-0.1, -0.05) is 12.8 Å². The van der Waals surface area contributed by atoms with Crippen LogP contribution in [0.1, 0.15) is 50.1 Å². The topological polar surface area (TPSA) is 57.8 Å². The summed E-state index contributed by atoms with van der Waals surface area (Å²) in [5, 5.41) is 3.25. The predicted molar refractivity (Wildman–Crippen MR) is 62.7 cm³/mol. The summed E-state index contributed by atoms with van der Waals surface area (Å²) < 4.78 is 0. The maximum atomic E-state index is 11.5. The quantitative estimate of drug-likeness (QED) is 0.817. The zero-order valence-corrected chi connectivity index (χ0v) is 9.33. The highest BCUT2D eigenvalue weighted by atomic mass is 16.1. The Hall–Kier alpha value is -1.32. The summed E-state index contributed by atoms with van der Waals surface area (Å²) in [6.07, 6.45) is 7.28. The lowest BCUT2D eigenvalue weighted by molar-refractivity contribution is 0.692. The molecule has 0 bridgehead atoms. The number of hydrogen-bond donors (Lipinski definition) is 2. The fourth-order valence-electron chi connectivity index (χ4n) is 2.40. The number of aromatic nitrogens is 2. The van der Waals surface area contributed by atoms with Crippen LogP contribution in [-0.2, 0) is 0 Å². The Kier molecular flexibility index (Phi) is 2.42. The van der Waals surface area contributed by atoms with Crippen LogP contribution < -0.4 is 10.9 Å². The number of nitrogens with one attached hydrogen (secondary N) is 2. The molecule has 0 unspecified atom stereocenters. The Balaban J connectivity index is 1.85. The standard InChI is InChI=1S/C12H17N3O/c16-11-7-10(8-3-1-2-4-8)14-12(15-11)13-9-5-6-9/h7-9H,1-6H2,(H2,13,14,15,16). The van der Waals surface area contributed by atoms with Crippen molar-refractivity contribution in [2.24, 2.45) is 0 Å². The van der Waals surface area contributed by atoms with Crippen LogP contribution in [0.3, 0.4) is 0 Å². The second-order valence-electron chi connectivity index (χ2n) is 4.92. The molecule has 0 atom stereocenters. The van der Waals surface area contributed by atoms with Crippen LogP contribution in [0.15, 0.2) is 10.9 Å². The van der Waals surface area contributed by atoms with Crippen LogP contribution in [0.2, 0.25) is 0 Å². The molecule has 4 heteroatoms. The second-order valence-corrected chi connectivity index (χ2v) is 4.92. The molecule has 2 aliphatic carbocycles. The van der Waals surface area contributed by atoms with Crippen molar-refractivity contribution in [3.05, 3.63) is 22.1 Å². The highest BCUT2D eigenvalue weighted by Gasteiger charge is 2.23. The highest BCUT2D eigenvalue weighted by Crippen LogP contribution is 2.32. The summed E-state index contributed by atoms with van der Waals surface area (Å²) in [5.74, 6) is 1.17. The van der Waals surface area contributed by atoms with Crippen molar-refractivity contribution < 1.29 is 0 Å². The molecule has 0 saturated heterocycles. The van der Waals surface area contributed by atoms with Gasteiger partial charge in [0.1, 0.15) is 0 Å². The van der Waals surface area contributed by atoms with E-state index in [0.29, 0.717) is 17.9 Å². The average Bonchev–Trinajstić information content (AvgIpc) is 2.90. The third-order valence-electron chi connectivity index (χ3n) is 3.45. The monoisotopic (exact) mass is 219 g/mol. The Labute approximate surface area is 94.5 Å². The minimum Gasteiger partial charge on any atom is -0.353 e. The SMILES string of the molecule is O=c1cc(C2CCCC2)nc(NC2CC2)[nH]1. The molecule has 1 aromatic rings. The Morgan fingerprint density at radius 2 is 2.00 bits per heavy atom. The molecule has 0 aliphatic heterocycles. The maximum absolute atomic E-state index is 11.5. The van der Waals surface area contributed by atoms with Crippen molar-refractivity contribution in [1.82, 2.24) is 9.97 Å². The number of aromatic amines is 1. The van der Waals surface area contributed by atoms with E-state index >= 15 is 0 Å². The van der Waals surface area contributed by atoms with Crippen LogP contribution in [0.25, 0.3) is 0 Å². The van der Waals surface area contributed by atoms with Gasteiger partial charge < -0.3 is 5.32 Å². The second kappa shape index (κ2) is 3.92. The molecule has 3 rings (SSSR count). The Bertz CT molecular complexity index is 430. The third kappa shape index (κ3) is 2.10. The molecule has 1 heterocycles. The third-order valence-corrected chi connectivity index (χ3v) is 3.45. The van der Waals surface area contributed by atoms with Crippen LogP contribution in [-0.4, -0.2) is 16.0 Å². The van der Waals surface area contributed by atoms with Crippen LogP contribution in [0, 0.1) is 0 Å². The van der Waals surface area contributed by atoms with Crippen LogP contribution in [0.4, 0.5) is 5.95 Å². The van der Waals surface area contributed by atoms with Gasteiger partial charge in [0.2, 0.25) is 5.95 Å². The molecular weight excluding hydrogens is 202 g/mol. The molecule has 2 N–H and O–H groups in total. The van der Waals surface area contributed by atoms with Crippen molar-refractivity contribution in [1.29, 1.82) is 0 Å². The van der Waals surface area contributed by atoms with E-state index in [0.717, 1.165) is 5.69 Å². The Morgan fingerprint density at radius 1 is 1.25 bits per heavy atom. The van der Waals surface area contributed by atoms with Crippen molar-refractivity contribution in [3.8, 4) is 0 Å². The largest absolute Gasteiger partial charge is 0.353 e. The lowest BCUT2D eigenvalue weighted by atomic mass is 10.0. The molecular formula is C12H17N3O. The fraction of sp³-hybridized carbons (Fsp3) is 0.667. The molecule has 4 nitrogen and oxygen atoms in total. The Morgan fingerprint density at radius 3 is 2.69 bits per heavy atom. The summed E-state index contributed by atoms with van der Waals surface area (Å²) in [7, 11) is 0. The van der Waals surface area contributed by atoms with Gasteiger partial charge >= 0.3 is 0 Å². The average molecular weight is 219 g/mol. The van der Waals surface area contributed by atoms with E-state index in [9.17, 15) is 4.79 Å². The van der Waals surface area contributed by atoms with E-state index in [4.69, 9.17) is 0 Å². The number of nitrogens with zero attached hydrogens (tertiary/aromatic N) is 1. The van der Waals surface area contributed by atoms with Gasteiger partial charge in [-0.05, 0) is 25.7 Å². The number of hydrogen-bond acceptors (Lipinski definition) is 3. The van der Waals surface area contributed by atoms with Crippen molar-refractivity contribution in [2.45, 2.75) is 50.5 Å². The normalized spacial score (nSPS) is 21.2. The van der Waals surface area contributed by atoms with E-state index in [-0.39, 0.29) is 5.56 Å². The maximum Gasteiger partial charge on any atom is 0.252 e. The fourth-order valence-corrected chi connectivity index (χ4v) is 2.40. The number of H-pyrrole nitrogens is 1. The van der Waals surface area contributed by atoms with Gasteiger partial charge in [-0.15, -0.1) is 0 Å². The molecule has 86 valence electrons. The lowest BCUT2D eigenvalue weighted by Gasteiger charge is -2.10.